The molecule has 3 heterocycles. The fourth-order valence-corrected chi connectivity index (χ4v) is 3.43. The molecule has 2 aliphatic heterocycles. The minimum absolute atomic E-state index is 0.236. The number of carbonyl (C=O) groups is 1. The molecule has 0 radical (unpaired) electrons. The highest BCUT2D eigenvalue weighted by Crippen LogP contribution is 2.20. The summed E-state index contributed by atoms with van der Waals surface area (Å²) >= 11 is 0. The van der Waals surface area contributed by atoms with Crippen LogP contribution in [0.4, 0.5) is 5.95 Å². The highest BCUT2D eigenvalue weighted by atomic mass is 16.5. The number of carbonyl (C=O) groups excluding carboxylic acids is 1. The molecule has 2 aliphatic rings. The van der Waals surface area contributed by atoms with E-state index in [0.717, 1.165) is 31.7 Å². The molecule has 0 spiro atoms. The largest absolute Gasteiger partial charge is 0.338 e. The Morgan fingerprint density at radius 1 is 1.00 bits per heavy atom. The van der Waals surface area contributed by atoms with Crippen molar-refractivity contribution in [2.45, 2.75) is 12.8 Å². The molecule has 0 N–H and O–H groups in total. The molecule has 0 bridgehead atoms. The number of hydrogen-bond acceptors (Lipinski definition) is 6. The summed E-state index contributed by atoms with van der Waals surface area (Å²) in [5.41, 5.74) is 0.917. The van der Waals surface area contributed by atoms with Crippen LogP contribution >= 0.6 is 0 Å². The third kappa shape index (κ3) is 3.66. The smallest absolute Gasteiger partial charge is 0.266 e. The van der Waals surface area contributed by atoms with E-state index >= 15 is 0 Å². The predicted octanol–water partition coefficient (Wildman–Crippen LogP) is 1.48. The number of anilines is 1. The van der Waals surface area contributed by atoms with Gasteiger partial charge in [0.05, 0.1) is 6.54 Å². The number of rotatable bonds is 4. The fraction of sp³-hybridized carbons (Fsp3) is 0.500. The molecule has 0 saturated carbocycles. The summed E-state index contributed by atoms with van der Waals surface area (Å²) in [4.78, 5) is 23.2. The number of piperazine rings is 1. The zero-order valence-corrected chi connectivity index (χ0v) is 14.3. The van der Waals surface area contributed by atoms with Gasteiger partial charge in [0.25, 0.3) is 11.8 Å². The van der Waals surface area contributed by atoms with Crippen LogP contribution in [0.25, 0.3) is 11.5 Å². The van der Waals surface area contributed by atoms with E-state index in [1.165, 1.54) is 12.8 Å². The van der Waals surface area contributed by atoms with Gasteiger partial charge in [0.15, 0.2) is 0 Å². The third-order valence-corrected chi connectivity index (χ3v) is 4.91. The first-order chi connectivity index (χ1) is 12.3. The van der Waals surface area contributed by atoms with E-state index < -0.39 is 0 Å². The molecule has 2 fully saturated rings. The maximum atomic E-state index is 12.4. The van der Waals surface area contributed by atoms with E-state index in [2.05, 4.69) is 19.9 Å². The number of aromatic nitrogens is 2. The van der Waals surface area contributed by atoms with Crippen molar-refractivity contribution in [3.8, 4) is 11.5 Å². The monoisotopic (exact) mass is 341 g/mol. The Kier molecular flexibility index (Phi) is 4.65. The van der Waals surface area contributed by atoms with Crippen LogP contribution in [0.1, 0.15) is 12.8 Å². The molecule has 2 saturated heterocycles. The lowest BCUT2D eigenvalue weighted by Gasteiger charge is -2.34. The molecule has 2 aromatic rings. The van der Waals surface area contributed by atoms with Crippen molar-refractivity contribution in [1.29, 1.82) is 0 Å². The Hall–Kier alpha value is -2.41. The normalized spacial score (nSPS) is 18.7. The van der Waals surface area contributed by atoms with Crippen molar-refractivity contribution >= 4 is 11.9 Å². The molecular weight excluding hydrogens is 318 g/mol. The Labute approximate surface area is 147 Å². The average molecular weight is 341 g/mol. The van der Waals surface area contributed by atoms with E-state index in [9.17, 15) is 4.79 Å². The van der Waals surface area contributed by atoms with Gasteiger partial charge in [-0.1, -0.05) is 18.2 Å². The Morgan fingerprint density at radius 3 is 2.44 bits per heavy atom. The number of amides is 1. The SMILES string of the molecule is O=C(CN1CCCC1)N1CCN(c2noc(-c3ccccc3)n2)CC1. The van der Waals surface area contributed by atoms with E-state index in [0.29, 0.717) is 31.5 Å². The van der Waals surface area contributed by atoms with Gasteiger partial charge < -0.3 is 14.3 Å². The first-order valence-electron chi connectivity index (χ1n) is 8.94. The van der Waals surface area contributed by atoms with Crippen molar-refractivity contribution in [1.82, 2.24) is 19.9 Å². The van der Waals surface area contributed by atoms with Crippen molar-refractivity contribution in [3.63, 3.8) is 0 Å². The quantitative estimate of drug-likeness (QED) is 0.839. The van der Waals surface area contributed by atoms with Crippen LogP contribution < -0.4 is 4.90 Å². The van der Waals surface area contributed by atoms with Crippen LogP contribution in [0.2, 0.25) is 0 Å². The molecule has 4 rings (SSSR count). The van der Waals surface area contributed by atoms with E-state index in [1.54, 1.807) is 0 Å². The van der Waals surface area contributed by atoms with Gasteiger partial charge in [0.1, 0.15) is 0 Å². The van der Waals surface area contributed by atoms with Gasteiger partial charge in [-0.2, -0.15) is 4.98 Å². The Bertz CT molecular complexity index is 703. The second-order valence-electron chi connectivity index (χ2n) is 6.62. The lowest BCUT2D eigenvalue weighted by molar-refractivity contribution is -0.132. The molecule has 1 amide bonds. The maximum Gasteiger partial charge on any atom is 0.266 e. The van der Waals surface area contributed by atoms with Crippen LogP contribution in [0, 0.1) is 0 Å². The van der Waals surface area contributed by atoms with Gasteiger partial charge in [0.2, 0.25) is 5.91 Å². The molecule has 7 heteroatoms. The van der Waals surface area contributed by atoms with Crippen molar-refractivity contribution in [2.24, 2.45) is 0 Å². The molecular formula is C18H23N5O2. The number of nitrogens with zero attached hydrogens (tertiary/aromatic N) is 5. The minimum atomic E-state index is 0.236. The van der Waals surface area contributed by atoms with E-state index in [-0.39, 0.29) is 5.91 Å². The first-order valence-corrected chi connectivity index (χ1v) is 8.94. The number of benzene rings is 1. The highest BCUT2D eigenvalue weighted by Gasteiger charge is 2.25. The minimum Gasteiger partial charge on any atom is -0.338 e. The molecule has 0 aliphatic carbocycles. The van der Waals surface area contributed by atoms with Gasteiger partial charge in [-0.05, 0) is 43.2 Å². The second-order valence-corrected chi connectivity index (χ2v) is 6.62. The van der Waals surface area contributed by atoms with Crippen LogP contribution in [-0.4, -0.2) is 71.7 Å². The standard InChI is InChI=1S/C18H23N5O2/c24-16(14-21-8-4-5-9-21)22-10-12-23(13-11-22)18-19-17(25-20-18)15-6-2-1-3-7-15/h1-3,6-7H,4-5,8-14H2. The molecule has 7 nitrogen and oxygen atoms in total. The van der Waals surface area contributed by atoms with Crippen LogP contribution in [0.5, 0.6) is 0 Å². The lowest BCUT2D eigenvalue weighted by Crippen LogP contribution is -2.51. The summed E-state index contributed by atoms with van der Waals surface area (Å²) in [6.07, 6.45) is 2.42. The first kappa shape index (κ1) is 16.1. The van der Waals surface area contributed by atoms with Crippen LogP contribution in [0.15, 0.2) is 34.9 Å². The summed E-state index contributed by atoms with van der Waals surface area (Å²) in [6.45, 7) is 5.55. The lowest BCUT2D eigenvalue weighted by atomic mass is 10.2. The van der Waals surface area contributed by atoms with Crippen LogP contribution in [-0.2, 0) is 4.79 Å². The third-order valence-electron chi connectivity index (χ3n) is 4.91. The molecule has 132 valence electrons. The van der Waals surface area contributed by atoms with Crippen molar-refractivity contribution in [2.75, 3.05) is 50.7 Å². The van der Waals surface area contributed by atoms with Crippen molar-refractivity contribution in [3.05, 3.63) is 30.3 Å². The summed E-state index contributed by atoms with van der Waals surface area (Å²) in [5, 5.41) is 4.10. The molecule has 1 aromatic heterocycles. The number of hydrogen-bond donors (Lipinski definition) is 0. The number of likely N-dealkylation sites (tertiary alicyclic amines) is 1. The summed E-state index contributed by atoms with van der Waals surface area (Å²) in [6, 6.07) is 9.76. The molecule has 0 unspecified atom stereocenters. The topological polar surface area (TPSA) is 65.7 Å². The van der Waals surface area contributed by atoms with Gasteiger partial charge in [0, 0.05) is 31.7 Å². The molecule has 25 heavy (non-hydrogen) atoms. The average Bonchev–Trinajstić information content (AvgIpc) is 3.34. The summed E-state index contributed by atoms with van der Waals surface area (Å²) < 4.78 is 5.38. The Balaban J connectivity index is 1.33. The summed E-state index contributed by atoms with van der Waals surface area (Å²) in [7, 11) is 0. The predicted molar refractivity (Wildman–Crippen MR) is 94.2 cm³/mol. The fourth-order valence-electron chi connectivity index (χ4n) is 3.43. The van der Waals surface area contributed by atoms with Crippen molar-refractivity contribution < 1.29 is 9.32 Å². The van der Waals surface area contributed by atoms with Crippen LogP contribution in [0.3, 0.4) is 0 Å². The van der Waals surface area contributed by atoms with Gasteiger partial charge in [-0.3, -0.25) is 9.69 Å². The zero-order valence-electron chi connectivity index (χ0n) is 14.3. The zero-order chi connectivity index (χ0) is 17.1. The maximum absolute atomic E-state index is 12.4. The Morgan fingerprint density at radius 2 is 1.72 bits per heavy atom. The van der Waals surface area contributed by atoms with E-state index in [4.69, 9.17) is 4.52 Å². The molecule has 0 atom stereocenters. The summed E-state index contributed by atoms with van der Waals surface area (Å²) in [5.74, 6) is 1.37. The second kappa shape index (κ2) is 7.23. The van der Waals surface area contributed by atoms with Gasteiger partial charge >= 0.3 is 0 Å². The highest BCUT2D eigenvalue weighted by molar-refractivity contribution is 5.78. The molecule has 1 aromatic carbocycles. The van der Waals surface area contributed by atoms with E-state index in [1.807, 2.05) is 35.2 Å². The van der Waals surface area contributed by atoms with Gasteiger partial charge in [-0.15, -0.1) is 0 Å². The van der Waals surface area contributed by atoms with Gasteiger partial charge in [-0.25, -0.2) is 0 Å².